The van der Waals surface area contributed by atoms with Gasteiger partial charge in [-0.15, -0.1) is 0 Å². The molecule has 1 heterocycles. The second-order valence-electron chi connectivity index (χ2n) is 10.1. The first-order chi connectivity index (χ1) is 19.5. The fourth-order valence-corrected chi connectivity index (χ4v) is 4.39. The zero-order valence-corrected chi connectivity index (χ0v) is 23.0. The third-order valence-corrected chi connectivity index (χ3v) is 7.05. The molecule has 0 aliphatic carbocycles. The number of aliphatic hydroxyl groups excluding tert-OH is 1. The van der Waals surface area contributed by atoms with Crippen LogP contribution in [0.15, 0.2) is 54.7 Å². The normalized spacial score (nSPS) is 14.8. The maximum absolute atomic E-state index is 13.6. The lowest BCUT2D eigenvalue weighted by Gasteiger charge is -2.28. The smallest absolute Gasteiger partial charge is 0.328 e. The van der Waals surface area contributed by atoms with Gasteiger partial charge in [0.25, 0.3) is 0 Å². The molecule has 41 heavy (non-hydrogen) atoms. The van der Waals surface area contributed by atoms with Crippen LogP contribution in [0.4, 0.5) is 0 Å². The summed E-state index contributed by atoms with van der Waals surface area (Å²) in [6.45, 7) is 2.71. The number of nitrogens with two attached hydrogens (primary N) is 1. The molecule has 3 rings (SSSR count). The number of hydrogen-bond acceptors (Lipinski definition) is 7. The van der Waals surface area contributed by atoms with Crippen molar-refractivity contribution in [3.8, 4) is 5.75 Å². The molecule has 3 amide bonds. The Morgan fingerprint density at radius 2 is 1.56 bits per heavy atom. The molecule has 220 valence electrons. The number of aliphatic carboxylic acids is 1. The Labute approximate surface area is 237 Å². The number of H-pyrrole nitrogens is 1. The highest BCUT2D eigenvalue weighted by molar-refractivity contribution is 5.95. The Morgan fingerprint density at radius 3 is 2.20 bits per heavy atom. The Bertz CT molecular complexity index is 1360. The first kappa shape index (κ1) is 31.1. The number of carboxylic acid groups (broad SMARTS) is 1. The van der Waals surface area contributed by atoms with Gasteiger partial charge in [0.1, 0.15) is 23.9 Å². The second-order valence-corrected chi connectivity index (χ2v) is 10.1. The molecule has 5 unspecified atom stereocenters. The fourth-order valence-electron chi connectivity index (χ4n) is 4.39. The summed E-state index contributed by atoms with van der Waals surface area (Å²) in [5.41, 5.74) is 8.48. The summed E-state index contributed by atoms with van der Waals surface area (Å²) in [7, 11) is 0. The average molecular weight is 568 g/mol. The van der Waals surface area contributed by atoms with Crippen molar-refractivity contribution in [1.82, 2.24) is 20.9 Å². The predicted molar refractivity (Wildman–Crippen MR) is 152 cm³/mol. The molecule has 0 aliphatic heterocycles. The van der Waals surface area contributed by atoms with Gasteiger partial charge in [0.15, 0.2) is 0 Å². The summed E-state index contributed by atoms with van der Waals surface area (Å²) in [6.07, 6.45) is 2.46. The van der Waals surface area contributed by atoms with Gasteiger partial charge in [0.05, 0.1) is 12.6 Å². The van der Waals surface area contributed by atoms with Crippen LogP contribution in [0.3, 0.4) is 0 Å². The third-order valence-electron chi connectivity index (χ3n) is 7.05. The summed E-state index contributed by atoms with van der Waals surface area (Å²) < 4.78 is 0. The van der Waals surface area contributed by atoms with Crippen molar-refractivity contribution in [1.29, 1.82) is 0 Å². The van der Waals surface area contributed by atoms with Gasteiger partial charge in [0, 0.05) is 23.5 Å². The van der Waals surface area contributed by atoms with Crippen molar-refractivity contribution in [2.24, 2.45) is 11.7 Å². The number of rotatable bonds is 14. The highest BCUT2D eigenvalue weighted by Gasteiger charge is 2.33. The Hall–Kier alpha value is -4.42. The van der Waals surface area contributed by atoms with Crippen molar-refractivity contribution in [2.75, 3.05) is 6.61 Å². The number of nitrogens with one attached hydrogen (secondary N) is 4. The van der Waals surface area contributed by atoms with Crippen LogP contribution in [0, 0.1) is 5.92 Å². The van der Waals surface area contributed by atoms with Gasteiger partial charge >= 0.3 is 5.97 Å². The third kappa shape index (κ3) is 8.29. The van der Waals surface area contributed by atoms with E-state index in [1.165, 1.54) is 12.1 Å². The molecular formula is C29H37N5O7. The molecule has 0 saturated carbocycles. The second kappa shape index (κ2) is 14.3. The van der Waals surface area contributed by atoms with Crippen LogP contribution in [0.2, 0.25) is 0 Å². The number of benzene rings is 2. The summed E-state index contributed by atoms with van der Waals surface area (Å²) in [4.78, 5) is 54.2. The van der Waals surface area contributed by atoms with E-state index in [4.69, 9.17) is 5.73 Å². The van der Waals surface area contributed by atoms with Crippen molar-refractivity contribution < 1.29 is 34.5 Å². The van der Waals surface area contributed by atoms with E-state index in [1.54, 1.807) is 25.3 Å². The maximum Gasteiger partial charge on any atom is 0.328 e. The van der Waals surface area contributed by atoms with E-state index in [2.05, 4.69) is 20.9 Å². The number of phenolic OH excluding ortho intramolecular Hbond substituents is 1. The number of hydrogen-bond donors (Lipinski definition) is 8. The molecule has 12 heteroatoms. The number of fused-ring (bicyclic) bond motifs is 1. The zero-order chi connectivity index (χ0) is 30.1. The van der Waals surface area contributed by atoms with Gasteiger partial charge in [-0.3, -0.25) is 14.4 Å². The highest BCUT2D eigenvalue weighted by Crippen LogP contribution is 2.20. The monoisotopic (exact) mass is 567 g/mol. The van der Waals surface area contributed by atoms with Crippen molar-refractivity contribution in [3.05, 3.63) is 65.9 Å². The molecule has 0 radical (unpaired) electrons. The van der Waals surface area contributed by atoms with Crippen LogP contribution < -0.4 is 21.7 Å². The minimum atomic E-state index is -1.54. The van der Waals surface area contributed by atoms with Gasteiger partial charge in [-0.05, 0) is 41.7 Å². The standard InChI is InChI=1S/C29H37N5O7/c1-3-16(2)25(28(39)33-24(15-35)29(40)41)34-27(38)23(13-18-14-31-22-7-5-4-6-20(18)22)32-26(37)21(30)12-17-8-10-19(36)11-9-17/h4-11,14,16,21,23-25,31,35-36H,3,12-13,15,30H2,1-2H3,(H,32,37)(H,33,39)(H,34,38)(H,40,41). The maximum atomic E-state index is 13.6. The summed E-state index contributed by atoms with van der Waals surface area (Å²) >= 11 is 0. The predicted octanol–water partition coefficient (Wildman–Crippen LogP) is 0.563. The molecule has 0 fully saturated rings. The molecule has 0 bridgehead atoms. The number of aliphatic hydroxyl groups is 1. The zero-order valence-electron chi connectivity index (χ0n) is 23.0. The van der Waals surface area contributed by atoms with E-state index in [9.17, 15) is 34.5 Å². The van der Waals surface area contributed by atoms with Crippen LogP contribution in [-0.4, -0.2) is 74.8 Å². The first-order valence-electron chi connectivity index (χ1n) is 13.4. The van der Waals surface area contributed by atoms with E-state index in [0.29, 0.717) is 12.0 Å². The molecule has 1 aromatic heterocycles. The molecule has 2 aromatic carbocycles. The molecule has 0 saturated heterocycles. The van der Waals surface area contributed by atoms with Crippen LogP contribution in [0.5, 0.6) is 5.75 Å². The highest BCUT2D eigenvalue weighted by atomic mass is 16.4. The number of amides is 3. The largest absolute Gasteiger partial charge is 0.508 e. The van der Waals surface area contributed by atoms with Crippen molar-refractivity contribution >= 4 is 34.6 Å². The van der Waals surface area contributed by atoms with E-state index < -0.39 is 60.4 Å². The fraction of sp³-hybridized carbons (Fsp3) is 0.379. The Balaban J connectivity index is 1.84. The molecule has 3 aromatic rings. The molecule has 0 spiro atoms. The molecule has 5 atom stereocenters. The van der Waals surface area contributed by atoms with Gasteiger partial charge in [0.2, 0.25) is 17.7 Å². The van der Waals surface area contributed by atoms with Gasteiger partial charge in [-0.25, -0.2) is 4.79 Å². The number of aromatic amines is 1. The number of carbonyl (C=O) groups excluding carboxylic acids is 3. The number of aromatic nitrogens is 1. The van der Waals surface area contributed by atoms with E-state index in [0.717, 1.165) is 16.5 Å². The molecule has 12 nitrogen and oxygen atoms in total. The average Bonchev–Trinajstić information content (AvgIpc) is 3.37. The van der Waals surface area contributed by atoms with Crippen molar-refractivity contribution in [3.63, 3.8) is 0 Å². The molecule has 9 N–H and O–H groups in total. The van der Waals surface area contributed by atoms with Gasteiger partial charge in [-0.2, -0.15) is 0 Å². The summed E-state index contributed by atoms with van der Waals surface area (Å²) in [5.74, 6) is -3.74. The van der Waals surface area contributed by atoms with E-state index >= 15 is 0 Å². The SMILES string of the molecule is CCC(C)C(NC(=O)C(Cc1c[nH]c2ccccc12)NC(=O)C(N)Cc1ccc(O)cc1)C(=O)NC(CO)C(=O)O. The number of phenols is 1. The summed E-state index contributed by atoms with van der Waals surface area (Å²) in [6, 6.07) is 8.93. The first-order valence-corrected chi connectivity index (χ1v) is 13.4. The van der Waals surface area contributed by atoms with Crippen LogP contribution >= 0.6 is 0 Å². The van der Waals surface area contributed by atoms with Crippen LogP contribution in [0.25, 0.3) is 10.9 Å². The van der Waals surface area contributed by atoms with Gasteiger partial charge < -0.3 is 42.0 Å². The lowest BCUT2D eigenvalue weighted by Crippen LogP contribution is -2.59. The van der Waals surface area contributed by atoms with Crippen LogP contribution in [0.1, 0.15) is 31.4 Å². The number of para-hydroxylation sites is 1. The van der Waals surface area contributed by atoms with Crippen molar-refractivity contribution in [2.45, 2.75) is 57.3 Å². The summed E-state index contributed by atoms with van der Waals surface area (Å²) in [5, 5.41) is 36.6. The molecule has 0 aliphatic rings. The number of aromatic hydroxyl groups is 1. The lowest BCUT2D eigenvalue weighted by molar-refractivity contribution is -0.143. The number of carboxylic acids is 1. The molecular weight excluding hydrogens is 530 g/mol. The van der Waals surface area contributed by atoms with E-state index in [1.807, 2.05) is 31.2 Å². The lowest BCUT2D eigenvalue weighted by atomic mass is 9.96. The number of carbonyl (C=O) groups is 4. The minimum absolute atomic E-state index is 0.0794. The van der Waals surface area contributed by atoms with Crippen LogP contribution in [-0.2, 0) is 32.0 Å². The Morgan fingerprint density at radius 1 is 0.902 bits per heavy atom. The van der Waals surface area contributed by atoms with Gasteiger partial charge in [-0.1, -0.05) is 50.6 Å². The Kier molecular flexibility index (Phi) is 10.8. The minimum Gasteiger partial charge on any atom is -0.508 e. The quantitative estimate of drug-likeness (QED) is 0.138. The van der Waals surface area contributed by atoms with E-state index in [-0.39, 0.29) is 18.6 Å². The topological polar surface area (TPSA) is 207 Å².